The van der Waals surface area contributed by atoms with Gasteiger partial charge in [0.05, 0.1) is 35.2 Å². The summed E-state index contributed by atoms with van der Waals surface area (Å²) in [5.74, 6) is 1.34. The molecule has 0 spiro atoms. The molecule has 2 N–H and O–H groups in total. The fourth-order valence-corrected chi connectivity index (χ4v) is 4.03. The van der Waals surface area contributed by atoms with Gasteiger partial charge in [-0.15, -0.1) is 0 Å². The molecule has 4 aromatic rings. The third-order valence-corrected chi connectivity index (χ3v) is 5.36. The van der Waals surface area contributed by atoms with Crippen molar-refractivity contribution in [2.75, 3.05) is 23.3 Å². The Hall–Kier alpha value is -3.85. The van der Waals surface area contributed by atoms with Crippen LogP contribution in [0.5, 0.6) is 0 Å². The highest BCUT2D eigenvalue weighted by atomic mass is 16.5. The summed E-state index contributed by atoms with van der Waals surface area (Å²) in [7, 11) is 0. The van der Waals surface area contributed by atoms with Crippen molar-refractivity contribution in [3.8, 4) is 11.3 Å². The molecule has 1 fully saturated rings. The molecule has 32 heavy (non-hydrogen) atoms. The van der Waals surface area contributed by atoms with E-state index in [1.165, 1.54) is 6.33 Å². The van der Waals surface area contributed by atoms with Crippen LogP contribution < -0.4 is 15.8 Å². The fraction of sp³-hybridized carbons (Fsp3) is 0.261. The molecule has 5 heterocycles. The van der Waals surface area contributed by atoms with E-state index in [-0.39, 0.29) is 17.8 Å². The average Bonchev–Trinajstić information content (AvgIpc) is 2.79. The largest absolute Gasteiger partial charge is 0.372 e. The third kappa shape index (κ3) is 4.02. The summed E-state index contributed by atoms with van der Waals surface area (Å²) in [6, 6.07) is 7.61. The molecular formula is C23H23N7O2. The Balaban J connectivity index is 1.49. The summed E-state index contributed by atoms with van der Waals surface area (Å²) in [5, 5.41) is 4.52. The minimum atomic E-state index is -0.214. The number of hydrogen-bond acceptors (Lipinski definition) is 8. The molecule has 2 unspecified atom stereocenters. The first-order valence-electron chi connectivity index (χ1n) is 10.5. The van der Waals surface area contributed by atoms with Crippen LogP contribution in [0.3, 0.4) is 0 Å². The number of pyridine rings is 3. The van der Waals surface area contributed by atoms with Crippen LogP contribution in [-0.4, -0.2) is 50.2 Å². The molecule has 0 saturated carbocycles. The van der Waals surface area contributed by atoms with Crippen LogP contribution in [0.4, 0.5) is 17.3 Å². The first-order valence-corrected chi connectivity index (χ1v) is 10.5. The SMILES string of the molecule is CC1CN(c2ccc(Nc3nc(-c4cncnc4)cc4cc[nH]c(=O)c34)cn2)CC(C)O1. The van der Waals surface area contributed by atoms with Crippen LogP contribution in [0.15, 0.2) is 60.2 Å². The number of ether oxygens (including phenoxy) is 1. The third-order valence-electron chi connectivity index (χ3n) is 5.36. The van der Waals surface area contributed by atoms with Crippen molar-refractivity contribution in [3.63, 3.8) is 0 Å². The van der Waals surface area contributed by atoms with Crippen LogP contribution in [0.25, 0.3) is 22.0 Å². The molecule has 5 rings (SSSR count). The van der Waals surface area contributed by atoms with Gasteiger partial charge in [-0.25, -0.2) is 19.9 Å². The maximum absolute atomic E-state index is 12.6. The molecule has 1 saturated heterocycles. The van der Waals surface area contributed by atoms with Gasteiger partial charge in [-0.1, -0.05) is 0 Å². The summed E-state index contributed by atoms with van der Waals surface area (Å²) >= 11 is 0. The maximum Gasteiger partial charge on any atom is 0.259 e. The minimum absolute atomic E-state index is 0.158. The van der Waals surface area contributed by atoms with Gasteiger partial charge in [0.1, 0.15) is 18.0 Å². The lowest BCUT2D eigenvalue weighted by atomic mass is 10.1. The number of H-pyrrole nitrogens is 1. The highest BCUT2D eigenvalue weighted by Gasteiger charge is 2.23. The normalized spacial score (nSPS) is 18.6. The summed E-state index contributed by atoms with van der Waals surface area (Å²) in [6.07, 6.45) is 8.55. The van der Waals surface area contributed by atoms with Crippen molar-refractivity contribution in [3.05, 3.63) is 65.7 Å². The summed E-state index contributed by atoms with van der Waals surface area (Å²) < 4.78 is 5.81. The van der Waals surface area contributed by atoms with Crippen molar-refractivity contribution in [1.29, 1.82) is 0 Å². The Kier molecular flexibility index (Phi) is 5.24. The zero-order chi connectivity index (χ0) is 22.1. The molecule has 0 bridgehead atoms. The van der Waals surface area contributed by atoms with Crippen molar-refractivity contribution >= 4 is 28.1 Å². The highest BCUT2D eigenvalue weighted by Crippen LogP contribution is 2.28. The van der Waals surface area contributed by atoms with Crippen molar-refractivity contribution < 1.29 is 4.74 Å². The summed E-state index contributed by atoms with van der Waals surface area (Å²) in [4.78, 5) is 35.0. The molecule has 2 atom stereocenters. The molecule has 9 heteroatoms. The number of fused-ring (bicyclic) bond motifs is 1. The molecular weight excluding hydrogens is 406 g/mol. The molecule has 1 aliphatic rings. The summed E-state index contributed by atoms with van der Waals surface area (Å²) in [6.45, 7) is 5.73. The van der Waals surface area contributed by atoms with E-state index in [4.69, 9.17) is 9.72 Å². The Morgan fingerprint density at radius 3 is 2.59 bits per heavy atom. The van der Waals surface area contributed by atoms with E-state index in [1.54, 1.807) is 24.8 Å². The van der Waals surface area contributed by atoms with Crippen LogP contribution >= 0.6 is 0 Å². The number of morpholine rings is 1. The number of nitrogens with zero attached hydrogens (tertiary/aromatic N) is 5. The second kappa shape index (κ2) is 8.35. The van der Waals surface area contributed by atoms with E-state index in [1.807, 2.05) is 24.3 Å². The van der Waals surface area contributed by atoms with Crippen molar-refractivity contribution in [2.24, 2.45) is 0 Å². The fourth-order valence-electron chi connectivity index (χ4n) is 4.03. The molecule has 0 radical (unpaired) electrons. The number of rotatable bonds is 4. The number of aromatic nitrogens is 5. The molecule has 0 aliphatic carbocycles. The van der Waals surface area contributed by atoms with Gasteiger partial charge in [-0.3, -0.25) is 4.79 Å². The second-order valence-corrected chi connectivity index (χ2v) is 7.95. The zero-order valence-electron chi connectivity index (χ0n) is 17.8. The van der Waals surface area contributed by atoms with Gasteiger partial charge in [-0.2, -0.15) is 0 Å². The Morgan fingerprint density at radius 1 is 1.09 bits per heavy atom. The number of nitrogens with one attached hydrogen (secondary N) is 2. The van der Waals surface area contributed by atoms with Crippen LogP contribution in [-0.2, 0) is 4.74 Å². The van der Waals surface area contributed by atoms with E-state index >= 15 is 0 Å². The zero-order valence-corrected chi connectivity index (χ0v) is 17.8. The Bertz CT molecular complexity index is 1280. The van der Waals surface area contributed by atoms with Gasteiger partial charge in [-0.05, 0) is 43.5 Å². The smallest absolute Gasteiger partial charge is 0.259 e. The van der Waals surface area contributed by atoms with Gasteiger partial charge < -0.3 is 19.9 Å². The second-order valence-electron chi connectivity index (χ2n) is 7.95. The number of aromatic amines is 1. The van der Waals surface area contributed by atoms with E-state index in [0.717, 1.165) is 35.5 Å². The van der Waals surface area contributed by atoms with E-state index in [9.17, 15) is 4.79 Å². The van der Waals surface area contributed by atoms with Gasteiger partial charge in [0.25, 0.3) is 5.56 Å². The number of anilines is 3. The molecule has 1 aliphatic heterocycles. The maximum atomic E-state index is 12.6. The van der Waals surface area contributed by atoms with E-state index in [2.05, 4.69) is 44.0 Å². The Morgan fingerprint density at radius 2 is 1.88 bits per heavy atom. The molecule has 162 valence electrons. The average molecular weight is 429 g/mol. The minimum Gasteiger partial charge on any atom is -0.372 e. The highest BCUT2D eigenvalue weighted by molar-refractivity contribution is 5.95. The first kappa shape index (κ1) is 20.1. The predicted octanol–water partition coefficient (Wildman–Crippen LogP) is 3.13. The van der Waals surface area contributed by atoms with E-state index < -0.39 is 0 Å². The van der Waals surface area contributed by atoms with Gasteiger partial charge in [0, 0.05) is 37.2 Å². The van der Waals surface area contributed by atoms with Gasteiger partial charge in [0.15, 0.2) is 0 Å². The van der Waals surface area contributed by atoms with E-state index in [0.29, 0.717) is 16.9 Å². The quantitative estimate of drug-likeness (QED) is 0.509. The van der Waals surface area contributed by atoms with Crippen LogP contribution in [0.1, 0.15) is 13.8 Å². The van der Waals surface area contributed by atoms with Crippen molar-refractivity contribution in [1.82, 2.24) is 24.9 Å². The number of hydrogen-bond donors (Lipinski definition) is 2. The predicted molar refractivity (Wildman–Crippen MR) is 123 cm³/mol. The molecule has 9 nitrogen and oxygen atoms in total. The van der Waals surface area contributed by atoms with Crippen LogP contribution in [0.2, 0.25) is 0 Å². The lowest BCUT2D eigenvalue weighted by Gasteiger charge is -2.36. The Labute approximate surface area is 184 Å². The standard InChI is InChI=1S/C23H23N7O2/c1-14-11-30(12-15(2)32-14)20-4-3-18(10-27-20)28-22-21-16(5-6-26-23(21)31)7-19(29-22)17-8-24-13-25-9-17/h3-10,13-15H,11-12H2,1-2H3,(H,26,31)(H,28,29). The molecule has 0 amide bonds. The topological polar surface area (TPSA) is 109 Å². The van der Waals surface area contributed by atoms with Crippen molar-refractivity contribution in [2.45, 2.75) is 26.1 Å². The monoisotopic (exact) mass is 429 g/mol. The first-order chi connectivity index (χ1) is 15.6. The molecule has 0 aromatic carbocycles. The lowest BCUT2D eigenvalue weighted by Crippen LogP contribution is -2.45. The van der Waals surface area contributed by atoms with Gasteiger partial charge in [0.2, 0.25) is 0 Å². The molecule has 4 aromatic heterocycles. The van der Waals surface area contributed by atoms with Crippen LogP contribution in [0, 0.1) is 0 Å². The lowest BCUT2D eigenvalue weighted by molar-refractivity contribution is -0.00545. The van der Waals surface area contributed by atoms with Gasteiger partial charge >= 0.3 is 0 Å². The summed E-state index contributed by atoms with van der Waals surface area (Å²) in [5.41, 5.74) is 1.96.